The van der Waals surface area contributed by atoms with Crippen molar-refractivity contribution in [3.05, 3.63) is 29.6 Å². The van der Waals surface area contributed by atoms with Crippen LogP contribution in [0.3, 0.4) is 0 Å². The van der Waals surface area contributed by atoms with Crippen LogP contribution in [0.4, 0.5) is 10.1 Å². The Hall–Kier alpha value is -1.03. The van der Waals surface area contributed by atoms with E-state index < -0.39 is 0 Å². The molecule has 0 saturated heterocycles. The maximum Gasteiger partial charge on any atom is 0.161 e. The van der Waals surface area contributed by atoms with E-state index in [1.54, 1.807) is 17.8 Å². The van der Waals surface area contributed by atoms with Crippen LogP contribution in [0.5, 0.6) is 0 Å². The molecule has 18 heavy (non-hydrogen) atoms. The van der Waals surface area contributed by atoms with Crippen molar-refractivity contribution in [2.24, 2.45) is 4.99 Å². The first kappa shape index (κ1) is 13.4. The number of aliphatic imine (C=N–C) groups is 1. The summed E-state index contributed by atoms with van der Waals surface area (Å²) in [5, 5.41) is 4.15. The normalized spacial score (nSPS) is 23.7. The van der Waals surface area contributed by atoms with E-state index in [1.807, 2.05) is 6.92 Å². The molecule has 1 unspecified atom stereocenters. The largest absolute Gasteiger partial charge is 0.335 e. The molecule has 2 rings (SSSR count). The fraction of sp³-hybridized carbons (Fsp3) is 0.500. The average Bonchev–Trinajstić information content (AvgIpc) is 2.34. The second kappa shape index (κ2) is 5.31. The highest BCUT2D eigenvalue weighted by Gasteiger charge is 2.26. The summed E-state index contributed by atoms with van der Waals surface area (Å²) < 4.78 is 13.2. The third-order valence-electron chi connectivity index (χ3n) is 3.45. The maximum atomic E-state index is 13.2. The van der Waals surface area contributed by atoms with Crippen LogP contribution in [0, 0.1) is 12.7 Å². The predicted octanol–water partition coefficient (Wildman–Crippen LogP) is 4.21. The number of thioether (sulfide) groups is 1. The SMILES string of the molecule is CCC1(C)CCSC(Nc2cc(F)ccc2C)=N1. The molecule has 98 valence electrons. The maximum absolute atomic E-state index is 13.2. The lowest BCUT2D eigenvalue weighted by molar-refractivity contribution is 0.443. The summed E-state index contributed by atoms with van der Waals surface area (Å²) in [4.78, 5) is 4.74. The van der Waals surface area contributed by atoms with Crippen LogP contribution in [0.1, 0.15) is 32.3 Å². The predicted molar refractivity (Wildman–Crippen MR) is 78.0 cm³/mol. The van der Waals surface area contributed by atoms with Gasteiger partial charge in [0.15, 0.2) is 5.17 Å². The van der Waals surface area contributed by atoms with Gasteiger partial charge in [-0.1, -0.05) is 24.8 Å². The third-order valence-corrected chi connectivity index (χ3v) is 4.33. The number of benzene rings is 1. The lowest BCUT2D eigenvalue weighted by atomic mass is 9.97. The standard InChI is InChI=1S/C14H19FN2S/c1-4-14(3)7-8-18-13(17-14)16-12-9-11(15)6-5-10(12)2/h5-6,9H,4,7-8H2,1-3H3,(H,16,17). The first-order chi connectivity index (χ1) is 8.52. The zero-order valence-electron chi connectivity index (χ0n) is 11.1. The van der Waals surface area contributed by atoms with Gasteiger partial charge in [-0.25, -0.2) is 4.39 Å². The number of aryl methyl sites for hydroxylation is 1. The molecule has 0 spiro atoms. The van der Waals surface area contributed by atoms with Crippen molar-refractivity contribution < 1.29 is 4.39 Å². The zero-order chi connectivity index (χ0) is 13.2. The molecule has 0 saturated carbocycles. The minimum absolute atomic E-state index is 0.0226. The molecule has 1 aliphatic rings. The van der Waals surface area contributed by atoms with Gasteiger partial charge in [-0.2, -0.15) is 0 Å². The Morgan fingerprint density at radius 1 is 1.50 bits per heavy atom. The van der Waals surface area contributed by atoms with Gasteiger partial charge in [0.05, 0.1) is 5.54 Å². The van der Waals surface area contributed by atoms with E-state index in [-0.39, 0.29) is 11.4 Å². The van der Waals surface area contributed by atoms with Gasteiger partial charge in [-0.3, -0.25) is 4.99 Å². The molecule has 1 N–H and O–H groups in total. The van der Waals surface area contributed by atoms with Crippen molar-refractivity contribution in [2.45, 2.75) is 39.2 Å². The number of halogens is 1. The first-order valence-corrected chi connectivity index (χ1v) is 7.27. The van der Waals surface area contributed by atoms with E-state index in [1.165, 1.54) is 12.1 Å². The monoisotopic (exact) mass is 266 g/mol. The Kier molecular flexibility index (Phi) is 3.95. The van der Waals surface area contributed by atoms with E-state index in [4.69, 9.17) is 4.99 Å². The van der Waals surface area contributed by atoms with Crippen molar-refractivity contribution in [2.75, 3.05) is 11.1 Å². The molecule has 0 aromatic heterocycles. The second-order valence-corrected chi connectivity index (χ2v) is 6.03. The van der Waals surface area contributed by atoms with Gasteiger partial charge < -0.3 is 5.32 Å². The van der Waals surface area contributed by atoms with Crippen LogP contribution in [-0.4, -0.2) is 16.5 Å². The zero-order valence-corrected chi connectivity index (χ0v) is 11.9. The van der Waals surface area contributed by atoms with Crippen LogP contribution < -0.4 is 5.32 Å². The van der Waals surface area contributed by atoms with Crippen molar-refractivity contribution in [1.29, 1.82) is 0 Å². The molecular weight excluding hydrogens is 247 g/mol. The number of nitrogens with one attached hydrogen (secondary N) is 1. The molecule has 1 aromatic carbocycles. The molecule has 0 aliphatic carbocycles. The van der Waals surface area contributed by atoms with Crippen LogP contribution in [0.25, 0.3) is 0 Å². The molecule has 4 heteroatoms. The smallest absolute Gasteiger partial charge is 0.161 e. The third kappa shape index (κ3) is 3.05. The van der Waals surface area contributed by atoms with Gasteiger partial charge in [0.25, 0.3) is 0 Å². The molecule has 1 heterocycles. The number of nitrogens with zero attached hydrogens (tertiary/aromatic N) is 1. The number of anilines is 1. The minimum Gasteiger partial charge on any atom is -0.335 e. The molecule has 2 nitrogen and oxygen atoms in total. The second-order valence-electron chi connectivity index (χ2n) is 4.95. The highest BCUT2D eigenvalue weighted by atomic mass is 32.2. The molecule has 0 radical (unpaired) electrons. The molecule has 1 aromatic rings. The summed E-state index contributed by atoms with van der Waals surface area (Å²) in [5.74, 6) is 0.840. The van der Waals surface area contributed by atoms with Crippen LogP contribution in [0.2, 0.25) is 0 Å². The summed E-state index contributed by atoms with van der Waals surface area (Å²) >= 11 is 1.71. The molecule has 1 aliphatic heterocycles. The van der Waals surface area contributed by atoms with Gasteiger partial charge in [-0.15, -0.1) is 0 Å². The van der Waals surface area contributed by atoms with Gasteiger partial charge in [0, 0.05) is 11.4 Å². The van der Waals surface area contributed by atoms with Gasteiger partial charge in [0.2, 0.25) is 0 Å². The van der Waals surface area contributed by atoms with E-state index in [2.05, 4.69) is 19.2 Å². The van der Waals surface area contributed by atoms with Crippen molar-refractivity contribution in [3.8, 4) is 0 Å². The summed E-state index contributed by atoms with van der Waals surface area (Å²) in [7, 11) is 0. The van der Waals surface area contributed by atoms with Crippen molar-refractivity contribution in [1.82, 2.24) is 0 Å². The summed E-state index contributed by atoms with van der Waals surface area (Å²) in [6.07, 6.45) is 2.13. The van der Waals surface area contributed by atoms with E-state index in [0.29, 0.717) is 0 Å². The molecule has 0 bridgehead atoms. The molecule has 0 fully saturated rings. The quantitative estimate of drug-likeness (QED) is 0.867. The van der Waals surface area contributed by atoms with E-state index in [0.717, 1.165) is 35.0 Å². The van der Waals surface area contributed by atoms with Gasteiger partial charge >= 0.3 is 0 Å². The van der Waals surface area contributed by atoms with E-state index in [9.17, 15) is 4.39 Å². The number of hydrogen-bond donors (Lipinski definition) is 1. The molecule has 0 amide bonds. The molecule has 1 atom stereocenters. The summed E-state index contributed by atoms with van der Waals surface area (Å²) in [6, 6.07) is 4.79. The lowest BCUT2D eigenvalue weighted by Crippen LogP contribution is -2.29. The average molecular weight is 266 g/mol. The Morgan fingerprint density at radius 3 is 3.00 bits per heavy atom. The number of amidine groups is 1. The van der Waals surface area contributed by atoms with Crippen LogP contribution in [0.15, 0.2) is 23.2 Å². The number of rotatable bonds is 2. The van der Waals surface area contributed by atoms with E-state index >= 15 is 0 Å². The fourth-order valence-electron chi connectivity index (χ4n) is 1.86. The van der Waals surface area contributed by atoms with Crippen LogP contribution >= 0.6 is 11.8 Å². The van der Waals surface area contributed by atoms with Crippen LogP contribution in [-0.2, 0) is 0 Å². The Balaban J connectivity index is 2.21. The summed E-state index contributed by atoms with van der Waals surface area (Å²) in [5.41, 5.74) is 1.86. The minimum atomic E-state index is -0.220. The Morgan fingerprint density at radius 2 is 2.28 bits per heavy atom. The fourth-order valence-corrected chi connectivity index (χ4v) is 3.07. The Bertz CT molecular complexity index is 473. The van der Waals surface area contributed by atoms with Gasteiger partial charge in [-0.05, 0) is 44.4 Å². The first-order valence-electron chi connectivity index (χ1n) is 6.28. The highest BCUT2D eigenvalue weighted by molar-refractivity contribution is 8.14. The summed E-state index contributed by atoms with van der Waals surface area (Å²) in [6.45, 7) is 6.30. The lowest BCUT2D eigenvalue weighted by Gasteiger charge is -2.29. The van der Waals surface area contributed by atoms with Gasteiger partial charge in [0.1, 0.15) is 5.82 Å². The van der Waals surface area contributed by atoms with Crippen molar-refractivity contribution >= 4 is 22.6 Å². The Labute approximate surface area is 112 Å². The topological polar surface area (TPSA) is 24.4 Å². The number of hydrogen-bond acceptors (Lipinski definition) is 3. The van der Waals surface area contributed by atoms with Crippen molar-refractivity contribution in [3.63, 3.8) is 0 Å². The highest BCUT2D eigenvalue weighted by Crippen LogP contribution is 2.30. The molecular formula is C14H19FN2S.